The highest BCUT2D eigenvalue weighted by molar-refractivity contribution is 6.30. The quantitative estimate of drug-likeness (QED) is 0.664. The summed E-state index contributed by atoms with van der Waals surface area (Å²) in [5.41, 5.74) is 0. The number of piperazine rings is 1. The Kier molecular flexibility index (Phi) is 4.69. The monoisotopic (exact) mass is 218 g/mol. The van der Waals surface area contributed by atoms with Gasteiger partial charge in [-0.1, -0.05) is 13.8 Å². The lowest BCUT2D eigenvalue weighted by atomic mass is 10.2. The Morgan fingerprint density at radius 1 is 1.29 bits per heavy atom. The van der Waals surface area contributed by atoms with Gasteiger partial charge in [-0.25, -0.2) is 0 Å². The van der Waals surface area contributed by atoms with Crippen molar-refractivity contribution in [1.82, 2.24) is 9.80 Å². The Hall–Kier alpha value is -0.280. The van der Waals surface area contributed by atoms with Crippen molar-refractivity contribution in [2.24, 2.45) is 0 Å². The summed E-state index contributed by atoms with van der Waals surface area (Å²) < 4.78 is 0. The minimum atomic E-state index is -0.330. The Bertz CT molecular complexity index is 191. The van der Waals surface area contributed by atoms with Crippen molar-refractivity contribution in [3.63, 3.8) is 0 Å². The van der Waals surface area contributed by atoms with Gasteiger partial charge in [-0.3, -0.25) is 4.79 Å². The van der Waals surface area contributed by atoms with Gasteiger partial charge in [-0.2, -0.15) is 0 Å². The van der Waals surface area contributed by atoms with Crippen LogP contribution >= 0.6 is 11.6 Å². The average Bonchev–Trinajstić information content (AvgIpc) is 2.27. The number of halogens is 1. The zero-order valence-electron chi connectivity index (χ0n) is 9.00. The fraction of sp³-hybridized carbons (Fsp3) is 0.900. The first-order chi connectivity index (χ1) is 6.69. The summed E-state index contributed by atoms with van der Waals surface area (Å²) in [5, 5.41) is -0.330. The number of likely N-dealkylation sites (N-methyl/N-ethyl adjacent to an activating group) is 1. The summed E-state index contributed by atoms with van der Waals surface area (Å²) in [7, 11) is 0. The fourth-order valence-corrected chi connectivity index (χ4v) is 1.80. The minimum Gasteiger partial charge on any atom is -0.339 e. The van der Waals surface area contributed by atoms with Gasteiger partial charge in [-0.05, 0) is 13.0 Å². The van der Waals surface area contributed by atoms with Crippen molar-refractivity contribution in [2.45, 2.75) is 25.6 Å². The van der Waals surface area contributed by atoms with E-state index in [-0.39, 0.29) is 11.3 Å². The van der Waals surface area contributed by atoms with Gasteiger partial charge in [0.15, 0.2) is 0 Å². The topological polar surface area (TPSA) is 23.6 Å². The van der Waals surface area contributed by atoms with Crippen LogP contribution in [0, 0.1) is 0 Å². The molecule has 0 aromatic rings. The van der Waals surface area contributed by atoms with E-state index < -0.39 is 0 Å². The molecule has 1 saturated heterocycles. The minimum absolute atomic E-state index is 0.102. The van der Waals surface area contributed by atoms with Crippen LogP contribution in [0.25, 0.3) is 0 Å². The van der Waals surface area contributed by atoms with Crippen LogP contribution in [0.3, 0.4) is 0 Å². The van der Waals surface area contributed by atoms with E-state index in [1.807, 2.05) is 11.8 Å². The van der Waals surface area contributed by atoms with Gasteiger partial charge in [0.25, 0.3) is 0 Å². The summed E-state index contributed by atoms with van der Waals surface area (Å²) in [6.07, 6.45) is 0.717. The Balaban J connectivity index is 2.37. The molecule has 4 heteroatoms. The first-order valence-electron chi connectivity index (χ1n) is 5.34. The molecule has 0 unspecified atom stereocenters. The lowest BCUT2D eigenvalue weighted by Gasteiger charge is -2.34. The van der Waals surface area contributed by atoms with Crippen LogP contribution in [0.15, 0.2) is 0 Å². The Morgan fingerprint density at radius 2 is 1.86 bits per heavy atom. The number of amides is 1. The number of hydrogen-bond acceptors (Lipinski definition) is 2. The van der Waals surface area contributed by atoms with Crippen LogP contribution in [-0.4, -0.2) is 53.8 Å². The molecule has 0 aliphatic carbocycles. The van der Waals surface area contributed by atoms with Gasteiger partial charge in [0, 0.05) is 26.2 Å². The molecule has 3 nitrogen and oxygen atoms in total. The first-order valence-corrected chi connectivity index (χ1v) is 5.77. The molecule has 0 bridgehead atoms. The molecule has 82 valence electrons. The molecule has 1 rings (SSSR count). The van der Waals surface area contributed by atoms with Gasteiger partial charge in [0.05, 0.1) is 0 Å². The first kappa shape index (κ1) is 11.8. The Morgan fingerprint density at radius 3 is 2.29 bits per heavy atom. The lowest BCUT2D eigenvalue weighted by Crippen LogP contribution is -2.50. The molecule has 0 aromatic heterocycles. The molecule has 1 atom stereocenters. The molecular weight excluding hydrogens is 200 g/mol. The van der Waals surface area contributed by atoms with Crippen molar-refractivity contribution in [3.05, 3.63) is 0 Å². The number of carbonyl (C=O) groups excluding carboxylic acids is 1. The third-order valence-corrected chi connectivity index (χ3v) is 3.25. The summed E-state index contributed by atoms with van der Waals surface area (Å²) in [5.74, 6) is 0.102. The molecule has 0 saturated carbocycles. The van der Waals surface area contributed by atoms with Crippen LogP contribution < -0.4 is 0 Å². The van der Waals surface area contributed by atoms with Gasteiger partial charge < -0.3 is 9.80 Å². The van der Waals surface area contributed by atoms with E-state index in [2.05, 4.69) is 11.8 Å². The largest absolute Gasteiger partial charge is 0.339 e. The number of alkyl halides is 1. The zero-order valence-corrected chi connectivity index (χ0v) is 9.76. The number of carbonyl (C=O) groups is 1. The highest BCUT2D eigenvalue weighted by atomic mass is 35.5. The van der Waals surface area contributed by atoms with E-state index >= 15 is 0 Å². The van der Waals surface area contributed by atoms with Crippen LogP contribution in [0.5, 0.6) is 0 Å². The molecule has 0 radical (unpaired) electrons. The molecule has 1 aliphatic rings. The molecule has 1 fully saturated rings. The van der Waals surface area contributed by atoms with Crippen LogP contribution in [0.2, 0.25) is 0 Å². The average molecular weight is 219 g/mol. The van der Waals surface area contributed by atoms with Gasteiger partial charge in [0.2, 0.25) is 5.91 Å². The van der Waals surface area contributed by atoms with E-state index in [0.29, 0.717) is 6.42 Å². The second kappa shape index (κ2) is 5.56. The maximum Gasteiger partial charge on any atom is 0.240 e. The molecule has 1 aliphatic heterocycles. The summed E-state index contributed by atoms with van der Waals surface area (Å²) in [6.45, 7) is 8.78. The van der Waals surface area contributed by atoms with Gasteiger partial charge >= 0.3 is 0 Å². The third kappa shape index (κ3) is 2.85. The molecule has 0 aromatic carbocycles. The van der Waals surface area contributed by atoms with Crippen molar-refractivity contribution in [1.29, 1.82) is 0 Å². The SMILES string of the molecule is CC[C@H](Cl)C(=O)N1CCN(CC)CC1. The van der Waals surface area contributed by atoms with E-state index in [1.165, 1.54) is 0 Å². The van der Waals surface area contributed by atoms with Crippen LogP contribution in [-0.2, 0) is 4.79 Å². The third-order valence-electron chi connectivity index (χ3n) is 2.76. The highest BCUT2D eigenvalue weighted by Gasteiger charge is 2.24. The highest BCUT2D eigenvalue weighted by Crippen LogP contribution is 2.09. The molecule has 1 heterocycles. The van der Waals surface area contributed by atoms with Crippen molar-refractivity contribution >= 4 is 17.5 Å². The van der Waals surface area contributed by atoms with E-state index in [4.69, 9.17) is 11.6 Å². The van der Waals surface area contributed by atoms with Crippen LogP contribution in [0.4, 0.5) is 0 Å². The van der Waals surface area contributed by atoms with Gasteiger partial charge in [0.1, 0.15) is 5.38 Å². The molecule has 14 heavy (non-hydrogen) atoms. The maximum atomic E-state index is 11.7. The van der Waals surface area contributed by atoms with Gasteiger partial charge in [-0.15, -0.1) is 11.6 Å². The van der Waals surface area contributed by atoms with Crippen molar-refractivity contribution < 1.29 is 4.79 Å². The molecule has 0 spiro atoms. The standard InChI is InChI=1S/C10H19ClN2O/c1-3-9(11)10(14)13-7-5-12(4-2)6-8-13/h9H,3-8H2,1-2H3/t9-/m0/s1. The zero-order chi connectivity index (χ0) is 10.6. The second-order valence-electron chi connectivity index (χ2n) is 3.64. The second-order valence-corrected chi connectivity index (χ2v) is 4.16. The smallest absolute Gasteiger partial charge is 0.240 e. The molecule has 1 amide bonds. The van der Waals surface area contributed by atoms with Crippen LogP contribution in [0.1, 0.15) is 20.3 Å². The molecular formula is C10H19ClN2O. The Labute approximate surface area is 91.0 Å². The summed E-state index contributed by atoms with van der Waals surface area (Å²) in [6, 6.07) is 0. The van der Waals surface area contributed by atoms with Crippen molar-refractivity contribution in [2.75, 3.05) is 32.7 Å². The number of rotatable bonds is 3. The van der Waals surface area contributed by atoms with E-state index in [0.717, 1.165) is 32.7 Å². The summed E-state index contributed by atoms with van der Waals surface area (Å²) in [4.78, 5) is 15.9. The number of hydrogen-bond donors (Lipinski definition) is 0. The molecule has 0 N–H and O–H groups in total. The van der Waals surface area contributed by atoms with Crippen molar-refractivity contribution in [3.8, 4) is 0 Å². The predicted molar refractivity (Wildman–Crippen MR) is 58.6 cm³/mol. The normalized spacial score (nSPS) is 20.9. The predicted octanol–water partition coefficient (Wildman–Crippen LogP) is 1.17. The van der Waals surface area contributed by atoms with E-state index in [1.54, 1.807) is 0 Å². The number of nitrogens with zero attached hydrogens (tertiary/aromatic N) is 2. The maximum absolute atomic E-state index is 11.7. The fourth-order valence-electron chi connectivity index (χ4n) is 1.66. The van der Waals surface area contributed by atoms with E-state index in [9.17, 15) is 4.79 Å². The lowest BCUT2D eigenvalue weighted by molar-refractivity contribution is -0.132. The summed E-state index contributed by atoms with van der Waals surface area (Å²) >= 11 is 5.91.